The predicted octanol–water partition coefficient (Wildman–Crippen LogP) is 2.83. The standard InChI is InChI=1S/C13H9F5N2O2/c1-6-19-10(12(22)20(6)5-13(16,17)18)4-7-2-8(14)11(21)9(15)3-7/h2-4,21H,5H2,1H3/b10-4+. The molecule has 22 heavy (non-hydrogen) atoms. The second kappa shape index (κ2) is 5.39. The summed E-state index contributed by atoms with van der Waals surface area (Å²) in [6.45, 7) is -0.292. The third kappa shape index (κ3) is 3.23. The van der Waals surface area contributed by atoms with Gasteiger partial charge in [0, 0.05) is 0 Å². The zero-order valence-corrected chi connectivity index (χ0v) is 11.1. The lowest BCUT2D eigenvalue weighted by Crippen LogP contribution is -2.38. The van der Waals surface area contributed by atoms with Crippen molar-refractivity contribution in [1.82, 2.24) is 4.90 Å². The topological polar surface area (TPSA) is 52.9 Å². The number of carbonyl (C=O) groups excluding carboxylic acids is 1. The number of rotatable bonds is 2. The van der Waals surface area contributed by atoms with Crippen molar-refractivity contribution < 1.29 is 31.9 Å². The van der Waals surface area contributed by atoms with Crippen molar-refractivity contribution in [2.75, 3.05) is 6.54 Å². The van der Waals surface area contributed by atoms with E-state index in [9.17, 15) is 26.7 Å². The largest absolute Gasteiger partial charge is 0.503 e. The van der Waals surface area contributed by atoms with E-state index in [1.807, 2.05) is 0 Å². The molecule has 0 aromatic heterocycles. The molecule has 9 heteroatoms. The fourth-order valence-corrected chi connectivity index (χ4v) is 1.85. The fraction of sp³-hybridized carbons (Fsp3) is 0.231. The summed E-state index contributed by atoms with van der Waals surface area (Å²) in [6.07, 6.45) is -3.66. The lowest BCUT2D eigenvalue weighted by molar-refractivity contribution is -0.149. The molecule has 0 atom stereocenters. The molecule has 2 rings (SSSR count). The first-order valence-electron chi connectivity index (χ1n) is 5.92. The molecule has 0 aliphatic carbocycles. The Morgan fingerprint density at radius 1 is 1.27 bits per heavy atom. The summed E-state index contributed by atoms with van der Waals surface area (Å²) in [5.74, 6) is -4.90. The molecule has 1 heterocycles. The average molecular weight is 320 g/mol. The lowest BCUT2D eigenvalue weighted by Gasteiger charge is -2.17. The molecule has 1 amide bonds. The monoisotopic (exact) mass is 320 g/mol. The van der Waals surface area contributed by atoms with E-state index in [-0.39, 0.29) is 17.1 Å². The van der Waals surface area contributed by atoms with Crippen molar-refractivity contribution in [2.45, 2.75) is 13.1 Å². The third-order valence-corrected chi connectivity index (χ3v) is 2.82. The summed E-state index contributed by atoms with van der Waals surface area (Å²) in [5.41, 5.74) is -0.534. The van der Waals surface area contributed by atoms with Crippen LogP contribution in [0.2, 0.25) is 0 Å². The Morgan fingerprint density at radius 2 is 1.82 bits per heavy atom. The van der Waals surface area contributed by atoms with Gasteiger partial charge >= 0.3 is 6.18 Å². The van der Waals surface area contributed by atoms with Gasteiger partial charge in [0.2, 0.25) is 0 Å². The van der Waals surface area contributed by atoms with Crippen LogP contribution in [0.25, 0.3) is 6.08 Å². The molecule has 0 spiro atoms. The van der Waals surface area contributed by atoms with Crippen molar-refractivity contribution in [3.8, 4) is 5.75 Å². The van der Waals surface area contributed by atoms with Gasteiger partial charge in [-0.25, -0.2) is 13.8 Å². The number of carbonyl (C=O) groups is 1. The Balaban J connectivity index is 2.33. The van der Waals surface area contributed by atoms with Crippen LogP contribution in [0.1, 0.15) is 12.5 Å². The molecule has 0 saturated carbocycles. The highest BCUT2D eigenvalue weighted by Crippen LogP contribution is 2.26. The number of amides is 1. The van der Waals surface area contributed by atoms with E-state index >= 15 is 0 Å². The van der Waals surface area contributed by atoms with E-state index < -0.39 is 36.0 Å². The van der Waals surface area contributed by atoms with Gasteiger partial charge in [0.25, 0.3) is 5.91 Å². The number of phenols is 1. The second-order valence-corrected chi connectivity index (χ2v) is 4.53. The molecule has 0 bridgehead atoms. The summed E-state index contributed by atoms with van der Waals surface area (Å²) < 4.78 is 63.5. The fourth-order valence-electron chi connectivity index (χ4n) is 1.85. The molecule has 0 fully saturated rings. The summed E-state index contributed by atoms with van der Waals surface area (Å²) in [5, 5.41) is 8.96. The number of aromatic hydroxyl groups is 1. The van der Waals surface area contributed by atoms with Crippen LogP contribution in [0.3, 0.4) is 0 Å². The molecular weight excluding hydrogens is 311 g/mol. The van der Waals surface area contributed by atoms with Crippen molar-refractivity contribution in [3.63, 3.8) is 0 Å². The van der Waals surface area contributed by atoms with Crippen LogP contribution in [0.5, 0.6) is 5.75 Å². The van der Waals surface area contributed by atoms with E-state index in [2.05, 4.69) is 4.99 Å². The van der Waals surface area contributed by atoms with E-state index in [0.717, 1.165) is 18.2 Å². The maximum absolute atomic E-state index is 13.2. The highest BCUT2D eigenvalue weighted by Gasteiger charge is 2.38. The molecule has 1 aliphatic rings. The quantitative estimate of drug-likeness (QED) is 0.673. The van der Waals surface area contributed by atoms with Gasteiger partial charge in [0.05, 0.1) is 0 Å². The maximum Gasteiger partial charge on any atom is 0.406 e. The van der Waals surface area contributed by atoms with Crippen molar-refractivity contribution >= 4 is 17.8 Å². The molecule has 0 radical (unpaired) electrons. The first kappa shape index (κ1) is 15.9. The smallest absolute Gasteiger partial charge is 0.406 e. The van der Waals surface area contributed by atoms with Gasteiger partial charge < -0.3 is 5.11 Å². The van der Waals surface area contributed by atoms with Crippen LogP contribution < -0.4 is 0 Å². The molecule has 4 nitrogen and oxygen atoms in total. The normalized spacial score (nSPS) is 17.4. The van der Waals surface area contributed by atoms with E-state index in [0.29, 0.717) is 4.90 Å². The molecule has 1 aliphatic heterocycles. The van der Waals surface area contributed by atoms with Crippen molar-refractivity contribution in [2.24, 2.45) is 4.99 Å². The van der Waals surface area contributed by atoms with Gasteiger partial charge in [-0.2, -0.15) is 13.2 Å². The zero-order valence-electron chi connectivity index (χ0n) is 11.1. The lowest BCUT2D eigenvalue weighted by atomic mass is 10.1. The molecule has 0 unspecified atom stereocenters. The Labute approximate surface area is 121 Å². The molecule has 0 saturated heterocycles. The number of benzene rings is 1. The number of hydrogen-bond acceptors (Lipinski definition) is 3. The number of alkyl halides is 3. The van der Waals surface area contributed by atoms with Crippen molar-refractivity contribution in [3.05, 3.63) is 35.0 Å². The predicted molar refractivity (Wildman–Crippen MR) is 66.9 cm³/mol. The first-order valence-corrected chi connectivity index (χ1v) is 5.92. The number of nitrogens with zero attached hydrogens (tertiary/aromatic N) is 2. The van der Waals surface area contributed by atoms with Crippen LogP contribution >= 0.6 is 0 Å². The summed E-state index contributed by atoms with van der Waals surface area (Å²) >= 11 is 0. The maximum atomic E-state index is 13.2. The third-order valence-electron chi connectivity index (χ3n) is 2.82. The van der Waals surface area contributed by atoms with Crippen LogP contribution in [-0.2, 0) is 4.79 Å². The second-order valence-electron chi connectivity index (χ2n) is 4.53. The Bertz CT molecular complexity index is 671. The highest BCUT2D eigenvalue weighted by molar-refractivity contribution is 6.13. The highest BCUT2D eigenvalue weighted by atomic mass is 19.4. The summed E-state index contributed by atoms with van der Waals surface area (Å²) in [4.78, 5) is 15.9. The Hall–Kier alpha value is -2.45. The van der Waals surface area contributed by atoms with Crippen molar-refractivity contribution in [1.29, 1.82) is 0 Å². The van der Waals surface area contributed by atoms with Gasteiger partial charge in [0.15, 0.2) is 17.4 Å². The number of halogens is 5. The van der Waals surface area contributed by atoms with E-state index in [1.165, 1.54) is 6.92 Å². The van der Waals surface area contributed by atoms with Gasteiger partial charge in [-0.1, -0.05) is 0 Å². The van der Waals surface area contributed by atoms with Crippen LogP contribution in [-0.4, -0.2) is 34.5 Å². The van der Waals surface area contributed by atoms with Gasteiger partial charge in [-0.3, -0.25) is 9.69 Å². The average Bonchev–Trinajstić information content (AvgIpc) is 2.62. The summed E-state index contributed by atoms with van der Waals surface area (Å²) in [7, 11) is 0. The number of hydrogen-bond donors (Lipinski definition) is 1. The molecule has 1 N–H and O–H groups in total. The van der Waals surface area contributed by atoms with Gasteiger partial charge in [0.1, 0.15) is 18.1 Å². The van der Waals surface area contributed by atoms with Gasteiger partial charge in [-0.05, 0) is 30.7 Å². The van der Waals surface area contributed by atoms with Crippen LogP contribution in [0, 0.1) is 11.6 Å². The van der Waals surface area contributed by atoms with Gasteiger partial charge in [-0.15, -0.1) is 0 Å². The Kier molecular flexibility index (Phi) is 3.90. The number of aliphatic imine (C=N–C) groups is 1. The molecular formula is C13H9F5N2O2. The molecule has 1 aromatic carbocycles. The molecule has 1 aromatic rings. The SMILES string of the molecule is CC1=N/C(=C/c2cc(F)c(O)c(F)c2)C(=O)N1CC(F)(F)F. The summed E-state index contributed by atoms with van der Waals surface area (Å²) in [6, 6.07) is 1.46. The number of phenolic OH excluding ortho intramolecular Hbond substituents is 1. The zero-order chi connectivity index (χ0) is 16.7. The van der Waals surface area contributed by atoms with E-state index in [1.54, 1.807) is 0 Å². The minimum atomic E-state index is -4.60. The number of amidine groups is 1. The minimum absolute atomic E-state index is 0.151. The molecule has 118 valence electrons. The van der Waals surface area contributed by atoms with Crippen LogP contribution in [0.15, 0.2) is 22.8 Å². The van der Waals surface area contributed by atoms with E-state index in [4.69, 9.17) is 5.11 Å². The minimum Gasteiger partial charge on any atom is -0.503 e. The first-order chi connectivity index (χ1) is 10.1. The Morgan fingerprint density at radius 3 is 2.32 bits per heavy atom. The van der Waals surface area contributed by atoms with Crippen LogP contribution in [0.4, 0.5) is 22.0 Å².